The summed E-state index contributed by atoms with van der Waals surface area (Å²) in [5, 5.41) is 14.4. The van der Waals surface area contributed by atoms with Gasteiger partial charge in [0.1, 0.15) is 0 Å². The van der Waals surface area contributed by atoms with Crippen LogP contribution >= 0.6 is 0 Å². The van der Waals surface area contributed by atoms with E-state index in [1.54, 1.807) is 31.2 Å². The lowest BCUT2D eigenvalue weighted by Gasteiger charge is -2.15. The molecule has 0 aliphatic heterocycles. The predicted octanol–water partition coefficient (Wildman–Crippen LogP) is 4.52. The van der Waals surface area contributed by atoms with Gasteiger partial charge in [-0.3, -0.25) is 0 Å². The van der Waals surface area contributed by atoms with Crippen molar-refractivity contribution in [3.05, 3.63) is 59.7 Å². The quantitative estimate of drug-likeness (QED) is 0.478. The first-order valence-electron chi connectivity index (χ1n) is 7.86. The summed E-state index contributed by atoms with van der Waals surface area (Å²) in [6, 6.07) is 14.5. The molecule has 2 aromatic carbocycles. The van der Waals surface area contributed by atoms with E-state index in [-0.39, 0.29) is 0 Å². The minimum Gasteiger partial charge on any atom is -0.463 e. The zero-order chi connectivity index (χ0) is 18.2. The molecule has 2 rings (SSSR count). The minimum absolute atomic E-state index is 0.500. The second-order valence-corrected chi connectivity index (χ2v) is 5.50. The highest BCUT2D eigenvalue weighted by Gasteiger charge is 2.13. The van der Waals surface area contributed by atoms with E-state index in [0.29, 0.717) is 24.2 Å². The molecule has 0 radical (unpaired) electrons. The van der Waals surface area contributed by atoms with Crippen molar-refractivity contribution < 1.29 is 14.7 Å². The molecule has 6 heteroatoms. The van der Waals surface area contributed by atoms with E-state index < -0.39 is 6.09 Å². The Balaban J connectivity index is 2.15. The molecule has 0 spiro atoms. The molecule has 0 saturated heterocycles. The van der Waals surface area contributed by atoms with Crippen LogP contribution in [0.15, 0.2) is 58.6 Å². The monoisotopic (exact) mass is 337 g/mol. The standard InChI is InChI=1S/C19H19N3O3/c1-3-14(2)21-22(19(24)25)18-10-6-16(7-11-18)12-15-4-8-17(9-5-15)20-13-23/h4-11H,3,12H2,1-2H3,(H,24,25). The highest BCUT2D eigenvalue weighted by atomic mass is 16.4. The topological polar surface area (TPSA) is 82.3 Å². The summed E-state index contributed by atoms with van der Waals surface area (Å²) in [5.74, 6) is 0. The summed E-state index contributed by atoms with van der Waals surface area (Å²) >= 11 is 0. The molecule has 2 aromatic rings. The summed E-state index contributed by atoms with van der Waals surface area (Å²) in [6.07, 6.45) is 1.77. The number of hydrogen-bond donors (Lipinski definition) is 1. The molecule has 0 bridgehead atoms. The molecule has 0 unspecified atom stereocenters. The Morgan fingerprint density at radius 3 is 2.12 bits per heavy atom. The predicted molar refractivity (Wildman–Crippen MR) is 97.4 cm³/mol. The van der Waals surface area contributed by atoms with Gasteiger partial charge in [0.25, 0.3) is 0 Å². The van der Waals surface area contributed by atoms with Gasteiger partial charge in [-0.1, -0.05) is 31.2 Å². The fourth-order valence-corrected chi connectivity index (χ4v) is 2.18. The molecule has 25 heavy (non-hydrogen) atoms. The maximum Gasteiger partial charge on any atom is 0.432 e. The average molecular weight is 337 g/mol. The lowest BCUT2D eigenvalue weighted by atomic mass is 10.0. The number of benzene rings is 2. The number of isocyanates is 1. The maximum absolute atomic E-state index is 11.4. The maximum atomic E-state index is 11.4. The molecule has 0 aliphatic rings. The number of aliphatic imine (C=N–C) groups is 1. The van der Waals surface area contributed by atoms with Gasteiger partial charge < -0.3 is 5.11 Å². The largest absolute Gasteiger partial charge is 0.463 e. The second kappa shape index (κ2) is 8.57. The smallest absolute Gasteiger partial charge is 0.432 e. The summed E-state index contributed by atoms with van der Waals surface area (Å²) in [6.45, 7) is 3.72. The van der Waals surface area contributed by atoms with Crippen LogP contribution in [-0.2, 0) is 11.2 Å². The number of carboxylic acid groups (broad SMARTS) is 1. The van der Waals surface area contributed by atoms with Crippen LogP contribution in [0.2, 0.25) is 0 Å². The third kappa shape index (κ3) is 5.12. The van der Waals surface area contributed by atoms with Gasteiger partial charge in [-0.2, -0.15) is 15.1 Å². The third-order valence-corrected chi connectivity index (χ3v) is 3.66. The molecule has 0 atom stereocenters. The Morgan fingerprint density at radius 2 is 1.64 bits per heavy atom. The van der Waals surface area contributed by atoms with Crippen LogP contribution in [0.5, 0.6) is 0 Å². The summed E-state index contributed by atoms with van der Waals surface area (Å²) in [5.41, 5.74) is 3.91. The van der Waals surface area contributed by atoms with E-state index in [9.17, 15) is 14.7 Å². The van der Waals surface area contributed by atoms with Crippen LogP contribution in [0, 0.1) is 0 Å². The SMILES string of the molecule is CCC(C)=NN(C(=O)O)c1ccc(Cc2ccc(N=C=O)cc2)cc1. The van der Waals surface area contributed by atoms with Crippen LogP contribution in [0.1, 0.15) is 31.4 Å². The van der Waals surface area contributed by atoms with E-state index in [1.165, 1.54) is 6.08 Å². The number of anilines is 1. The molecule has 0 aromatic heterocycles. The second-order valence-electron chi connectivity index (χ2n) is 5.50. The average Bonchev–Trinajstić information content (AvgIpc) is 2.62. The first-order chi connectivity index (χ1) is 12.0. The summed E-state index contributed by atoms with van der Waals surface area (Å²) in [4.78, 5) is 25.2. The Kier molecular flexibility index (Phi) is 6.20. The van der Waals surface area contributed by atoms with Crippen LogP contribution in [0.3, 0.4) is 0 Å². The first kappa shape index (κ1) is 18.1. The zero-order valence-corrected chi connectivity index (χ0v) is 14.1. The number of amides is 1. The van der Waals surface area contributed by atoms with Crippen molar-refractivity contribution >= 4 is 29.3 Å². The first-order valence-corrected chi connectivity index (χ1v) is 7.86. The van der Waals surface area contributed by atoms with E-state index in [1.807, 2.05) is 31.2 Å². The number of nitrogens with zero attached hydrogens (tertiary/aromatic N) is 3. The highest BCUT2D eigenvalue weighted by molar-refractivity contribution is 5.90. The molecular formula is C19H19N3O3. The number of hydrazone groups is 1. The number of rotatable bonds is 6. The minimum atomic E-state index is -1.12. The number of carbonyl (C=O) groups is 1. The lowest BCUT2D eigenvalue weighted by Crippen LogP contribution is -2.24. The fourth-order valence-electron chi connectivity index (χ4n) is 2.18. The van der Waals surface area contributed by atoms with Crippen LogP contribution in [0.4, 0.5) is 16.2 Å². The van der Waals surface area contributed by atoms with Gasteiger partial charge >= 0.3 is 6.09 Å². The van der Waals surface area contributed by atoms with Crippen molar-refractivity contribution in [2.24, 2.45) is 10.1 Å². The van der Waals surface area contributed by atoms with Crippen molar-refractivity contribution in [2.45, 2.75) is 26.7 Å². The van der Waals surface area contributed by atoms with E-state index in [2.05, 4.69) is 10.1 Å². The van der Waals surface area contributed by atoms with Gasteiger partial charge in [0.05, 0.1) is 11.4 Å². The zero-order valence-electron chi connectivity index (χ0n) is 14.1. The van der Waals surface area contributed by atoms with Crippen molar-refractivity contribution in [2.75, 3.05) is 5.01 Å². The Hall–Kier alpha value is -3.24. The highest BCUT2D eigenvalue weighted by Crippen LogP contribution is 2.20. The van der Waals surface area contributed by atoms with Gasteiger partial charge in [0, 0.05) is 5.71 Å². The molecule has 6 nitrogen and oxygen atoms in total. The number of carbonyl (C=O) groups excluding carboxylic acids is 1. The summed E-state index contributed by atoms with van der Waals surface area (Å²) < 4.78 is 0. The van der Waals surface area contributed by atoms with Crippen LogP contribution in [0.25, 0.3) is 0 Å². The lowest BCUT2D eigenvalue weighted by molar-refractivity contribution is 0.202. The van der Waals surface area contributed by atoms with E-state index in [0.717, 1.165) is 21.8 Å². The fraction of sp³-hybridized carbons (Fsp3) is 0.211. The molecular weight excluding hydrogens is 318 g/mol. The van der Waals surface area contributed by atoms with Crippen molar-refractivity contribution in [3.63, 3.8) is 0 Å². The third-order valence-electron chi connectivity index (χ3n) is 3.66. The molecule has 1 amide bonds. The molecule has 0 aliphatic carbocycles. The Bertz CT molecular complexity index is 805. The Labute approximate surface area is 146 Å². The molecule has 1 N–H and O–H groups in total. The summed E-state index contributed by atoms with van der Waals surface area (Å²) in [7, 11) is 0. The molecule has 0 saturated carbocycles. The van der Waals surface area contributed by atoms with Crippen molar-refractivity contribution in [3.8, 4) is 0 Å². The van der Waals surface area contributed by atoms with Gasteiger partial charge in [0.2, 0.25) is 6.08 Å². The van der Waals surface area contributed by atoms with Gasteiger partial charge in [-0.05, 0) is 55.2 Å². The van der Waals surface area contributed by atoms with Crippen molar-refractivity contribution in [1.82, 2.24) is 0 Å². The number of hydrogen-bond acceptors (Lipinski definition) is 4. The molecule has 0 fully saturated rings. The molecule has 0 heterocycles. The normalized spacial score (nSPS) is 10.9. The van der Waals surface area contributed by atoms with Crippen LogP contribution < -0.4 is 5.01 Å². The molecule has 128 valence electrons. The van der Waals surface area contributed by atoms with Crippen molar-refractivity contribution in [1.29, 1.82) is 0 Å². The van der Waals surface area contributed by atoms with Gasteiger partial charge in [-0.15, -0.1) is 0 Å². The van der Waals surface area contributed by atoms with Gasteiger partial charge in [-0.25, -0.2) is 9.59 Å². The Morgan fingerprint density at radius 1 is 1.08 bits per heavy atom. The van der Waals surface area contributed by atoms with Crippen LogP contribution in [-0.4, -0.2) is 23.0 Å². The van der Waals surface area contributed by atoms with E-state index in [4.69, 9.17) is 0 Å². The van der Waals surface area contributed by atoms with Gasteiger partial charge in [0.15, 0.2) is 0 Å². The van der Waals surface area contributed by atoms with E-state index >= 15 is 0 Å².